The molecule has 2 amide bonds. The molecule has 9 heteroatoms. The lowest BCUT2D eigenvalue weighted by Crippen LogP contribution is -2.47. The number of likely N-dealkylation sites (tertiary alicyclic amines) is 1. The highest BCUT2D eigenvalue weighted by atomic mass is 19.1. The number of hydrogen-bond acceptors (Lipinski definition) is 4. The van der Waals surface area contributed by atoms with E-state index in [0.717, 1.165) is 18.4 Å². The van der Waals surface area contributed by atoms with Crippen LogP contribution in [0.2, 0.25) is 0 Å². The quantitative estimate of drug-likeness (QED) is 0.271. The number of alkyl halides is 1. The fraction of sp³-hybridized carbons (Fsp3) is 0.310. The van der Waals surface area contributed by atoms with Gasteiger partial charge in [-0.2, -0.15) is 0 Å². The van der Waals surface area contributed by atoms with E-state index in [-0.39, 0.29) is 31.2 Å². The molecule has 0 spiro atoms. The summed E-state index contributed by atoms with van der Waals surface area (Å²) in [5.74, 6) is 2.24. The number of carbonyl (C=O) groups excluding carboxylic acids is 3. The average Bonchev–Trinajstić information content (AvgIpc) is 3.46. The lowest BCUT2D eigenvalue weighted by atomic mass is 10.1. The van der Waals surface area contributed by atoms with Crippen LogP contribution in [0, 0.1) is 11.8 Å². The van der Waals surface area contributed by atoms with E-state index in [1.807, 2.05) is 36.3 Å². The van der Waals surface area contributed by atoms with Crippen molar-refractivity contribution in [2.24, 2.45) is 0 Å². The number of hydrogen-bond donors (Lipinski definition) is 2. The number of carboxylic acids is 1. The molecule has 4 rings (SSSR count). The molecule has 1 aliphatic heterocycles. The summed E-state index contributed by atoms with van der Waals surface area (Å²) < 4.78 is 15.9. The Morgan fingerprint density at radius 1 is 1.13 bits per heavy atom. The van der Waals surface area contributed by atoms with E-state index in [1.165, 1.54) is 11.8 Å². The number of amides is 2. The van der Waals surface area contributed by atoms with Gasteiger partial charge >= 0.3 is 5.97 Å². The minimum atomic E-state index is -1.30. The number of halogens is 1. The van der Waals surface area contributed by atoms with E-state index in [9.17, 15) is 23.6 Å². The molecule has 1 aliphatic rings. The molecule has 1 fully saturated rings. The summed E-state index contributed by atoms with van der Waals surface area (Å²) in [6.45, 7) is 1.45. The number of ketones is 1. The van der Waals surface area contributed by atoms with Crippen molar-refractivity contribution in [3.63, 3.8) is 0 Å². The number of aromatic nitrogens is 1. The molecule has 0 saturated carbocycles. The molecule has 1 aromatic heterocycles. The zero-order valence-corrected chi connectivity index (χ0v) is 20.9. The summed E-state index contributed by atoms with van der Waals surface area (Å²) in [6, 6.07) is 13.8. The monoisotopic (exact) mass is 517 g/mol. The van der Waals surface area contributed by atoms with E-state index in [0.29, 0.717) is 28.6 Å². The first kappa shape index (κ1) is 26.6. The topological polar surface area (TPSA) is 109 Å². The van der Waals surface area contributed by atoms with E-state index >= 15 is 0 Å². The molecule has 8 nitrogen and oxygen atoms in total. The van der Waals surface area contributed by atoms with Crippen molar-refractivity contribution >= 4 is 34.5 Å². The smallest absolute Gasteiger partial charge is 0.382 e. The Labute approximate surface area is 219 Å². The molecule has 196 valence electrons. The molecule has 38 heavy (non-hydrogen) atoms. The van der Waals surface area contributed by atoms with Crippen LogP contribution in [0.3, 0.4) is 0 Å². The second-order valence-electron chi connectivity index (χ2n) is 9.29. The van der Waals surface area contributed by atoms with Gasteiger partial charge in [-0.1, -0.05) is 36.3 Å². The number of nitrogens with one attached hydrogen (secondary N) is 1. The van der Waals surface area contributed by atoms with Gasteiger partial charge in [0.15, 0.2) is 5.78 Å². The predicted octanol–water partition coefficient (Wildman–Crippen LogP) is 2.97. The standard InChI is InChI=1S/C29H28FN3O5/c1-19(34)24-17-32(25-11-9-21(14-23(24)25)10-12-28(36)37)18-27(35)33-16-22(30)15-26(33)29(38)31-13-5-8-20-6-3-2-4-7-20/h2-4,6-7,9,11,14,17,22,26H,5,8,13,15-16,18H2,1H3,(H,31,38)(H,36,37)/t22-,26+/m1/s1. The van der Waals surface area contributed by atoms with E-state index < -0.39 is 24.1 Å². The van der Waals surface area contributed by atoms with E-state index in [2.05, 4.69) is 11.2 Å². The Bertz CT molecular complexity index is 1440. The molecule has 2 atom stereocenters. The molecule has 2 N–H and O–H groups in total. The minimum Gasteiger partial charge on any atom is -0.472 e. The highest BCUT2D eigenvalue weighted by Gasteiger charge is 2.39. The van der Waals surface area contributed by atoms with Crippen LogP contribution in [0.25, 0.3) is 10.9 Å². The SMILES string of the molecule is CC(=O)c1cn(CC(=O)N2C[C@H](F)C[C@H]2C(=O)NCCCc2ccccc2)c2ccc(C#CC(=O)O)cc12. The molecule has 0 unspecified atom stereocenters. The van der Waals surface area contributed by atoms with Gasteiger partial charge in [0, 0.05) is 47.1 Å². The third kappa shape index (κ3) is 6.27. The maximum absolute atomic E-state index is 14.3. The third-order valence-electron chi connectivity index (χ3n) is 6.54. The van der Waals surface area contributed by atoms with E-state index in [1.54, 1.807) is 29.0 Å². The first-order valence-corrected chi connectivity index (χ1v) is 12.4. The Hall–Kier alpha value is -4.45. The van der Waals surface area contributed by atoms with Gasteiger partial charge in [-0.25, -0.2) is 9.18 Å². The lowest BCUT2D eigenvalue weighted by molar-refractivity contribution is -0.138. The maximum atomic E-state index is 14.3. The zero-order chi connectivity index (χ0) is 27.2. The summed E-state index contributed by atoms with van der Waals surface area (Å²) in [6.07, 6.45) is 1.69. The molecular weight excluding hydrogens is 489 g/mol. The number of fused-ring (bicyclic) bond motifs is 1. The number of nitrogens with zero attached hydrogens (tertiary/aromatic N) is 2. The Kier molecular flexibility index (Phi) is 8.22. The summed E-state index contributed by atoms with van der Waals surface area (Å²) in [4.78, 5) is 50.4. The number of benzene rings is 2. The fourth-order valence-electron chi connectivity index (χ4n) is 4.72. The van der Waals surface area contributed by atoms with Gasteiger partial charge in [0.05, 0.1) is 6.54 Å². The third-order valence-corrected chi connectivity index (χ3v) is 6.54. The lowest BCUT2D eigenvalue weighted by Gasteiger charge is -2.24. The fourth-order valence-corrected chi connectivity index (χ4v) is 4.72. The molecule has 0 bridgehead atoms. The second kappa shape index (κ2) is 11.7. The first-order valence-electron chi connectivity index (χ1n) is 12.4. The number of rotatable bonds is 8. The summed E-state index contributed by atoms with van der Waals surface area (Å²) in [5.41, 5.74) is 2.50. The van der Waals surface area contributed by atoms with Crippen molar-refractivity contribution in [1.82, 2.24) is 14.8 Å². The number of carboxylic acid groups (broad SMARTS) is 1. The molecule has 0 radical (unpaired) electrons. The van der Waals surface area contributed by atoms with Gasteiger partial charge in [-0.3, -0.25) is 14.4 Å². The first-order chi connectivity index (χ1) is 18.2. The van der Waals surface area contributed by atoms with Gasteiger partial charge in [-0.15, -0.1) is 0 Å². The van der Waals surface area contributed by atoms with Crippen molar-refractivity contribution in [3.8, 4) is 11.8 Å². The van der Waals surface area contributed by atoms with Crippen LogP contribution in [0.4, 0.5) is 4.39 Å². The van der Waals surface area contributed by atoms with Crippen molar-refractivity contribution in [2.45, 2.75) is 44.9 Å². The number of carbonyl (C=O) groups is 4. The van der Waals surface area contributed by atoms with Gasteiger partial charge in [0.1, 0.15) is 18.8 Å². The summed E-state index contributed by atoms with van der Waals surface area (Å²) >= 11 is 0. The minimum absolute atomic E-state index is 0.0625. The molecule has 2 heterocycles. The van der Waals surface area contributed by atoms with Crippen molar-refractivity contribution in [1.29, 1.82) is 0 Å². The molecule has 3 aromatic rings. The Morgan fingerprint density at radius 2 is 1.89 bits per heavy atom. The van der Waals surface area contributed by atoms with Gasteiger partial charge in [0.2, 0.25) is 11.8 Å². The second-order valence-corrected chi connectivity index (χ2v) is 9.29. The van der Waals surface area contributed by atoms with Crippen molar-refractivity contribution in [3.05, 3.63) is 71.4 Å². The van der Waals surface area contributed by atoms with Crippen LogP contribution in [-0.4, -0.2) is 63.4 Å². The largest absolute Gasteiger partial charge is 0.472 e. The molecular formula is C29H28FN3O5. The number of Topliss-reactive ketones (excluding diaryl/α,β-unsaturated/α-hetero) is 1. The zero-order valence-electron chi connectivity index (χ0n) is 20.9. The van der Waals surface area contributed by atoms with Crippen LogP contribution >= 0.6 is 0 Å². The predicted molar refractivity (Wildman–Crippen MR) is 139 cm³/mol. The van der Waals surface area contributed by atoms with Gasteiger partial charge in [-0.05, 0) is 43.5 Å². The van der Waals surface area contributed by atoms with Crippen molar-refractivity contribution in [2.75, 3.05) is 13.1 Å². The normalized spacial score (nSPS) is 16.6. The highest BCUT2D eigenvalue weighted by Crippen LogP contribution is 2.26. The Balaban J connectivity index is 1.46. The summed E-state index contributed by atoms with van der Waals surface area (Å²) in [7, 11) is 0. The van der Waals surface area contributed by atoms with E-state index in [4.69, 9.17) is 5.11 Å². The van der Waals surface area contributed by atoms with Crippen LogP contribution in [0.15, 0.2) is 54.7 Å². The number of aryl methyl sites for hydroxylation is 1. The van der Waals surface area contributed by atoms with Gasteiger partial charge < -0.3 is 19.9 Å². The highest BCUT2D eigenvalue weighted by molar-refractivity contribution is 6.07. The molecule has 2 aromatic carbocycles. The molecule has 0 aliphatic carbocycles. The Morgan fingerprint density at radius 3 is 2.61 bits per heavy atom. The number of aliphatic carboxylic acids is 1. The van der Waals surface area contributed by atoms with Crippen molar-refractivity contribution < 1.29 is 28.7 Å². The van der Waals surface area contributed by atoms with Crippen LogP contribution in [0.5, 0.6) is 0 Å². The molecule has 1 saturated heterocycles. The van der Waals surface area contributed by atoms with Crippen LogP contribution in [0.1, 0.15) is 41.3 Å². The maximum Gasteiger partial charge on any atom is 0.382 e. The van der Waals surface area contributed by atoms with Crippen LogP contribution in [-0.2, 0) is 27.3 Å². The summed E-state index contributed by atoms with van der Waals surface area (Å²) in [5, 5.41) is 12.2. The average molecular weight is 518 g/mol. The van der Waals surface area contributed by atoms with Gasteiger partial charge in [0.25, 0.3) is 0 Å². The van der Waals surface area contributed by atoms with Crippen LogP contribution < -0.4 is 5.32 Å².